The van der Waals surface area contributed by atoms with Crippen LogP contribution in [0.1, 0.15) is 47.2 Å². The van der Waals surface area contributed by atoms with E-state index < -0.39 is 5.97 Å². The van der Waals surface area contributed by atoms with Gasteiger partial charge in [0.25, 0.3) is 0 Å². The Morgan fingerprint density at radius 1 is 1.19 bits per heavy atom. The second-order valence-corrected chi connectivity index (χ2v) is 6.54. The summed E-state index contributed by atoms with van der Waals surface area (Å²) in [6.07, 6.45) is 4.61. The van der Waals surface area contributed by atoms with Crippen molar-refractivity contribution in [3.63, 3.8) is 0 Å². The number of carboxylic acids is 1. The van der Waals surface area contributed by atoms with E-state index in [0.717, 1.165) is 29.9 Å². The van der Waals surface area contributed by atoms with E-state index in [1.165, 1.54) is 12.8 Å². The third-order valence-electron chi connectivity index (χ3n) is 5.24. The highest BCUT2D eigenvalue weighted by molar-refractivity contribution is 5.96. The highest BCUT2D eigenvalue weighted by Crippen LogP contribution is 2.48. The third-order valence-corrected chi connectivity index (χ3v) is 5.24. The largest absolute Gasteiger partial charge is 0.478 e. The number of benzene rings is 1. The van der Waals surface area contributed by atoms with Crippen LogP contribution in [0.25, 0.3) is 0 Å². The first-order valence-electron chi connectivity index (χ1n) is 7.61. The molecule has 21 heavy (non-hydrogen) atoms. The average molecular weight is 287 g/mol. The summed E-state index contributed by atoms with van der Waals surface area (Å²) >= 11 is 0. The molecule has 3 unspecified atom stereocenters. The summed E-state index contributed by atoms with van der Waals surface area (Å²) in [5, 5.41) is 12.2. The molecule has 2 aliphatic carbocycles. The molecular weight excluding hydrogens is 266 g/mol. The van der Waals surface area contributed by atoms with Crippen molar-refractivity contribution in [1.29, 1.82) is 0 Å². The van der Waals surface area contributed by atoms with Gasteiger partial charge in [0.05, 0.1) is 5.56 Å². The number of carboxylic acid groups (broad SMARTS) is 1. The Morgan fingerprint density at radius 3 is 2.52 bits per heavy atom. The molecule has 2 saturated carbocycles. The lowest BCUT2D eigenvalue weighted by molar-refractivity contribution is -0.121. The Morgan fingerprint density at radius 2 is 1.95 bits per heavy atom. The Bertz CT molecular complexity index is 608. The molecule has 0 heterocycles. The van der Waals surface area contributed by atoms with Crippen molar-refractivity contribution in [3.05, 3.63) is 28.8 Å². The fourth-order valence-corrected chi connectivity index (χ4v) is 3.95. The molecule has 3 rings (SSSR count). The molecule has 2 N–H and O–H groups in total. The lowest BCUT2D eigenvalue weighted by atomic mass is 9.88. The number of anilines is 1. The molecule has 1 aromatic carbocycles. The third kappa shape index (κ3) is 2.55. The molecule has 0 spiro atoms. The van der Waals surface area contributed by atoms with Crippen molar-refractivity contribution in [2.75, 3.05) is 5.32 Å². The summed E-state index contributed by atoms with van der Waals surface area (Å²) in [6.45, 7) is 3.66. The second-order valence-electron chi connectivity index (χ2n) is 6.54. The van der Waals surface area contributed by atoms with Gasteiger partial charge in [-0.2, -0.15) is 0 Å². The SMILES string of the molecule is Cc1cc(NC(=O)C2CC3CCC2C3)cc(C(=O)O)c1C. The quantitative estimate of drug-likeness (QED) is 0.895. The molecule has 4 nitrogen and oxygen atoms in total. The first-order chi connectivity index (χ1) is 9.95. The van der Waals surface area contributed by atoms with Crippen LogP contribution in [0, 0.1) is 31.6 Å². The highest BCUT2D eigenvalue weighted by atomic mass is 16.4. The lowest BCUT2D eigenvalue weighted by Gasteiger charge is -2.21. The van der Waals surface area contributed by atoms with E-state index in [1.807, 2.05) is 13.0 Å². The van der Waals surface area contributed by atoms with Crippen molar-refractivity contribution in [1.82, 2.24) is 0 Å². The fourth-order valence-electron chi connectivity index (χ4n) is 3.95. The van der Waals surface area contributed by atoms with Gasteiger partial charge in [-0.05, 0) is 68.2 Å². The second kappa shape index (κ2) is 5.17. The number of fused-ring (bicyclic) bond motifs is 2. The normalized spacial score (nSPS) is 26.9. The van der Waals surface area contributed by atoms with Crippen LogP contribution >= 0.6 is 0 Å². The molecule has 0 aromatic heterocycles. The van der Waals surface area contributed by atoms with Crippen LogP contribution in [0.4, 0.5) is 5.69 Å². The van der Waals surface area contributed by atoms with Crippen LogP contribution in [0.5, 0.6) is 0 Å². The van der Waals surface area contributed by atoms with Gasteiger partial charge in [0, 0.05) is 11.6 Å². The van der Waals surface area contributed by atoms with Crippen LogP contribution in [0.2, 0.25) is 0 Å². The first kappa shape index (κ1) is 14.1. The number of aryl methyl sites for hydroxylation is 1. The van der Waals surface area contributed by atoms with Gasteiger partial charge < -0.3 is 10.4 Å². The van der Waals surface area contributed by atoms with Gasteiger partial charge in [-0.15, -0.1) is 0 Å². The number of aromatic carboxylic acids is 1. The van der Waals surface area contributed by atoms with Gasteiger partial charge in [0.1, 0.15) is 0 Å². The standard InChI is InChI=1S/C17H21NO3/c1-9-5-13(8-14(10(9)2)17(20)21)18-16(19)15-7-11-3-4-12(15)6-11/h5,8,11-12,15H,3-4,6-7H2,1-2H3,(H,18,19)(H,20,21). The Hall–Kier alpha value is -1.84. The summed E-state index contributed by atoms with van der Waals surface area (Å²) in [6, 6.07) is 3.42. The van der Waals surface area contributed by atoms with Crippen molar-refractivity contribution >= 4 is 17.6 Å². The molecule has 3 atom stereocenters. The Kier molecular flexibility index (Phi) is 3.47. The zero-order chi connectivity index (χ0) is 15.1. The maximum atomic E-state index is 12.4. The molecule has 112 valence electrons. The maximum absolute atomic E-state index is 12.4. The topological polar surface area (TPSA) is 66.4 Å². The zero-order valence-corrected chi connectivity index (χ0v) is 12.5. The van der Waals surface area contributed by atoms with Crippen LogP contribution in [-0.2, 0) is 4.79 Å². The van der Waals surface area contributed by atoms with Crippen LogP contribution in [-0.4, -0.2) is 17.0 Å². The van der Waals surface area contributed by atoms with E-state index in [0.29, 0.717) is 11.6 Å². The number of hydrogen-bond donors (Lipinski definition) is 2. The average Bonchev–Trinajstić information content (AvgIpc) is 3.04. The summed E-state index contributed by atoms with van der Waals surface area (Å²) < 4.78 is 0. The van der Waals surface area contributed by atoms with Crippen LogP contribution in [0.3, 0.4) is 0 Å². The van der Waals surface area contributed by atoms with E-state index in [1.54, 1.807) is 13.0 Å². The predicted octanol–water partition coefficient (Wildman–Crippen LogP) is 3.38. The predicted molar refractivity (Wildman–Crippen MR) is 80.4 cm³/mol. The van der Waals surface area contributed by atoms with Gasteiger partial charge in [0.15, 0.2) is 0 Å². The van der Waals surface area contributed by atoms with E-state index in [4.69, 9.17) is 0 Å². The lowest BCUT2D eigenvalue weighted by Crippen LogP contribution is -2.27. The number of amides is 1. The van der Waals surface area contributed by atoms with Gasteiger partial charge in [0.2, 0.25) is 5.91 Å². The number of carbonyl (C=O) groups excluding carboxylic acids is 1. The first-order valence-corrected chi connectivity index (χ1v) is 7.61. The van der Waals surface area contributed by atoms with E-state index in [-0.39, 0.29) is 17.4 Å². The molecule has 0 radical (unpaired) electrons. The minimum Gasteiger partial charge on any atom is -0.478 e. The van der Waals surface area contributed by atoms with E-state index >= 15 is 0 Å². The molecule has 1 amide bonds. The smallest absolute Gasteiger partial charge is 0.336 e. The molecular formula is C17H21NO3. The summed E-state index contributed by atoms with van der Waals surface area (Å²) in [5.74, 6) is 0.465. The number of rotatable bonds is 3. The minimum atomic E-state index is -0.952. The van der Waals surface area contributed by atoms with Crippen molar-refractivity contribution in [3.8, 4) is 0 Å². The van der Waals surface area contributed by atoms with Crippen molar-refractivity contribution in [2.24, 2.45) is 17.8 Å². The number of carbonyl (C=O) groups is 2. The molecule has 0 aliphatic heterocycles. The number of nitrogens with one attached hydrogen (secondary N) is 1. The van der Waals surface area contributed by atoms with Crippen LogP contribution < -0.4 is 5.32 Å². The van der Waals surface area contributed by atoms with Gasteiger partial charge in [-0.3, -0.25) is 4.79 Å². The molecule has 2 aliphatic rings. The number of hydrogen-bond acceptors (Lipinski definition) is 2. The Labute approximate surface area is 124 Å². The molecule has 2 bridgehead atoms. The van der Waals surface area contributed by atoms with Gasteiger partial charge >= 0.3 is 5.97 Å². The van der Waals surface area contributed by atoms with E-state index in [9.17, 15) is 14.7 Å². The Balaban J connectivity index is 1.78. The summed E-state index contributed by atoms with van der Waals surface area (Å²) in [7, 11) is 0. The summed E-state index contributed by atoms with van der Waals surface area (Å²) in [5.41, 5.74) is 2.50. The molecule has 2 fully saturated rings. The van der Waals surface area contributed by atoms with Crippen LogP contribution in [0.15, 0.2) is 12.1 Å². The fraction of sp³-hybridized carbons (Fsp3) is 0.529. The molecule has 4 heteroatoms. The van der Waals surface area contributed by atoms with Gasteiger partial charge in [-0.1, -0.05) is 6.42 Å². The van der Waals surface area contributed by atoms with Gasteiger partial charge in [-0.25, -0.2) is 4.79 Å². The zero-order valence-electron chi connectivity index (χ0n) is 12.5. The van der Waals surface area contributed by atoms with Crippen molar-refractivity contribution < 1.29 is 14.7 Å². The minimum absolute atomic E-state index is 0.0572. The summed E-state index contributed by atoms with van der Waals surface area (Å²) in [4.78, 5) is 23.7. The monoisotopic (exact) mass is 287 g/mol. The van der Waals surface area contributed by atoms with Crippen molar-refractivity contribution in [2.45, 2.75) is 39.5 Å². The van der Waals surface area contributed by atoms with E-state index in [2.05, 4.69) is 5.32 Å². The highest BCUT2D eigenvalue weighted by Gasteiger charge is 2.43. The molecule has 1 aromatic rings. The molecule has 0 saturated heterocycles. The maximum Gasteiger partial charge on any atom is 0.336 e.